The Kier molecular flexibility index (Phi) is 9.87. The summed E-state index contributed by atoms with van der Waals surface area (Å²) in [6.07, 6.45) is -4.22. The van der Waals surface area contributed by atoms with Gasteiger partial charge in [0, 0.05) is 32.6 Å². The van der Waals surface area contributed by atoms with Crippen molar-refractivity contribution in [3.63, 3.8) is 0 Å². The number of carbonyl (C=O) groups is 2. The molecule has 0 fully saturated rings. The van der Waals surface area contributed by atoms with Gasteiger partial charge in [-0.15, -0.1) is 0 Å². The van der Waals surface area contributed by atoms with Crippen LogP contribution in [0.5, 0.6) is 5.75 Å². The maximum atomic E-state index is 14.2. The van der Waals surface area contributed by atoms with Crippen LogP contribution in [0.25, 0.3) is 0 Å². The average Bonchev–Trinajstić information content (AvgIpc) is 2.82. The molecule has 202 valence electrons. The van der Waals surface area contributed by atoms with Gasteiger partial charge in [0.2, 0.25) is 11.8 Å². The molecule has 0 spiro atoms. The van der Waals surface area contributed by atoms with Gasteiger partial charge in [-0.1, -0.05) is 18.2 Å². The molecule has 2 aromatic carbocycles. The molecule has 2 bridgehead atoms. The first-order valence-electron chi connectivity index (χ1n) is 12.0. The summed E-state index contributed by atoms with van der Waals surface area (Å²) in [6, 6.07) is 8.10. The molecule has 1 aliphatic rings. The highest BCUT2D eigenvalue weighted by Gasteiger charge is 2.30. The Hall–Kier alpha value is -3.18. The summed E-state index contributed by atoms with van der Waals surface area (Å²) in [5.74, 6) is -0.943. The van der Waals surface area contributed by atoms with E-state index < -0.39 is 35.6 Å². The van der Waals surface area contributed by atoms with Crippen LogP contribution in [0.4, 0.5) is 17.6 Å². The molecule has 0 saturated carbocycles. The lowest BCUT2D eigenvalue weighted by Crippen LogP contribution is -2.51. The summed E-state index contributed by atoms with van der Waals surface area (Å²) in [7, 11) is 1.51. The number of hydrogen-bond acceptors (Lipinski definition) is 5. The number of nitrogens with one attached hydrogen (secondary N) is 2. The minimum Gasteiger partial charge on any atom is -0.493 e. The molecule has 2 amide bonds. The standard InChI is InChI=1S/C26H31F4N3O4/c1-33-16-24(35)32-22(23(34)15-31-14-17-5-4-6-19(9-17)26(28,29)30)12-18-10-20(27)13-21(11-18)37-8-3-2-7-25(33)36/h4-6,9-11,13,22-23,31,34H,2-3,7-8,12,14-16H2,1H3,(H,32,35). The zero-order valence-corrected chi connectivity index (χ0v) is 20.5. The number of carbonyl (C=O) groups excluding carboxylic acids is 2. The molecule has 3 N–H and O–H groups in total. The van der Waals surface area contributed by atoms with E-state index in [0.29, 0.717) is 36.3 Å². The molecule has 2 atom stereocenters. The highest BCUT2D eigenvalue weighted by atomic mass is 19.4. The SMILES string of the molecule is CN1CC(=O)NC(C(O)CNCc2cccc(C(F)(F)F)c2)Cc2cc(F)cc(c2)OCCCCC1=O. The summed E-state index contributed by atoms with van der Waals surface area (Å²) in [5.41, 5.74) is 0.0842. The minimum absolute atomic E-state index is 0.0524. The second-order valence-electron chi connectivity index (χ2n) is 9.13. The summed E-state index contributed by atoms with van der Waals surface area (Å²) in [5, 5.41) is 16.5. The largest absolute Gasteiger partial charge is 0.493 e. The van der Waals surface area contributed by atoms with Crippen molar-refractivity contribution in [3.05, 3.63) is 65.0 Å². The van der Waals surface area contributed by atoms with Crippen LogP contribution in [-0.2, 0) is 28.7 Å². The van der Waals surface area contributed by atoms with Gasteiger partial charge in [0.1, 0.15) is 11.6 Å². The number of alkyl halides is 3. The van der Waals surface area contributed by atoms with Gasteiger partial charge in [-0.3, -0.25) is 9.59 Å². The number of rotatable bonds is 5. The van der Waals surface area contributed by atoms with E-state index in [-0.39, 0.29) is 38.4 Å². The highest BCUT2D eigenvalue weighted by Crippen LogP contribution is 2.29. The van der Waals surface area contributed by atoms with E-state index in [4.69, 9.17) is 4.74 Å². The highest BCUT2D eigenvalue weighted by molar-refractivity contribution is 5.84. The number of hydrogen-bond donors (Lipinski definition) is 3. The van der Waals surface area contributed by atoms with Crippen LogP contribution in [0.3, 0.4) is 0 Å². The fraction of sp³-hybridized carbons (Fsp3) is 0.462. The van der Waals surface area contributed by atoms with E-state index in [1.807, 2.05) is 0 Å². The van der Waals surface area contributed by atoms with E-state index >= 15 is 0 Å². The molecule has 7 nitrogen and oxygen atoms in total. The number of ether oxygens (including phenoxy) is 1. The van der Waals surface area contributed by atoms with Crippen molar-refractivity contribution in [2.45, 2.75) is 50.6 Å². The van der Waals surface area contributed by atoms with Gasteiger partial charge in [0.05, 0.1) is 30.9 Å². The lowest BCUT2D eigenvalue weighted by Gasteiger charge is -2.26. The van der Waals surface area contributed by atoms with Crippen molar-refractivity contribution >= 4 is 11.8 Å². The zero-order valence-electron chi connectivity index (χ0n) is 20.5. The third-order valence-corrected chi connectivity index (χ3v) is 5.99. The lowest BCUT2D eigenvalue weighted by atomic mass is 10.00. The number of halogens is 4. The summed E-state index contributed by atoms with van der Waals surface area (Å²) < 4.78 is 58.7. The van der Waals surface area contributed by atoms with Crippen molar-refractivity contribution in [2.75, 3.05) is 26.7 Å². The van der Waals surface area contributed by atoms with Gasteiger partial charge in [0.25, 0.3) is 0 Å². The van der Waals surface area contributed by atoms with Crippen LogP contribution in [0.1, 0.15) is 36.0 Å². The van der Waals surface area contributed by atoms with Crippen molar-refractivity contribution in [2.24, 2.45) is 0 Å². The first kappa shape index (κ1) is 28.4. The van der Waals surface area contributed by atoms with Crippen LogP contribution in [-0.4, -0.2) is 60.7 Å². The van der Waals surface area contributed by atoms with E-state index in [2.05, 4.69) is 10.6 Å². The average molecular weight is 526 g/mol. The van der Waals surface area contributed by atoms with E-state index in [0.717, 1.165) is 12.1 Å². The number of aliphatic hydroxyl groups excluding tert-OH is 1. The van der Waals surface area contributed by atoms with Crippen LogP contribution >= 0.6 is 0 Å². The molecule has 0 radical (unpaired) electrons. The molecular weight excluding hydrogens is 494 g/mol. The predicted octanol–water partition coefficient (Wildman–Crippen LogP) is 3.04. The number of likely N-dealkylation sites (N-methyl/N-ethyl adjacent to an activating group) is 1. The molecule has 2 aromatic rings. The predicted molar refractivity (Wildman–Crippen MR) is 128 cm³/mol. The fourth-order valence-corrected chi connectivity index (χ4v) is 4.04. The Morgan fingerprint density at radius 3 is 2.73 bits per heavy atom. The van der Waals surface area contributed by atoms with Gasteiger partial charge < -0.3 is 25.4 Å². The van der Waals surface area contributed by atoms with Gasteiger partial charge >= 0.3 is 6.18 Å². The molecule has 37 heavy (non-hydrogen) atoms. The van der Waals surface area contributed by atoms with Gasteiger partial charge in [-0.2, -0.15) is 13.2 Å². The molecule has 1 aliphatic heterocycles. The second-order valence-corrected chi connectivity index (χ2v) is 9.13. The monoisotopic (exact) mass is 525 g/mol. The third-order valence-electron chi connectivity index (χ3n) is 5.99. The fourth-order valence-electron chi connectivity index (χ4n) is 4.04. The maximum Gasteiger partial charge on any atom is 0.416 e. The van der Waals surface area contributed by atoms with Gasteiger partial charge in [-0.25, -0.2) is 4.39 Å². The smallest absolute Gasteiger partial charge is 0.416 e. The van der Waals surface area contributed by atoms with Crippen LogP contribution in [0.15, 0.2) is 42.5 Å². The number of fused-ring (bicyclic) bond motifs is 2. The quantitative estimate of drug-likeness (QED) is 0.523. The Balaban J connectivity index is 1.73. The zero-order chi connectivity index (χ0) is 27.0. The molecule has 0 aliphatic carbocycles. The number of aliphatic hydroxyl groups is 1. The molecule has 11 heteroatoms. The van der Waals surface area contributed by atoms with E-state index in [1.54, 1.807) is 6.07 Å². The Bertz CT molecular complexity index is 1080. The molecule has 0 saturated heterocycles. The Labute approximate surface area is 212 Å². The van der Waals surface area contributed by atoms with Crippen molar-refractivity contribution in [3.8, 4) is 5.75 Å². The van der Waals surface area contributed by atoms with Crippen molar-refractivity contribution in [1.29, 1.82) is 0 Å². The van der Waals surface area contributed by atoms with Crippen LogP contribution < -0.4 is 15.4 Å². The van der Waals surface area contributed by atoms with E-state index in [1.165, 1.54) is 36.2 Å². The van der Waals surface area contributed by atoms with Gasteiger partial charge in [0.15, 0.2) is 0 Å². The Morgan fingerprint density at radius 2 is 1.97 bits per heavy atom. The number of benzene rings is 2. The van der Waals surface area contributed by atoms with Crippen molar-refractivity contribution < 1.29 is 37.0 Å². The number of amides is 2. The topological polar surface area (TPSA) is 90.9 Å². The molecule has 2 unspecified atom stereocenters. The normalized spacial score (nSPS) is 18.9. The summed E-state index contributed by atoms with van der Waals surface area (Å²) >= 11 is 0. The lowest BCUT2D eigenvalue weighted by molar-refractivity contribution is -0.137. The van der Waals surface area contributed by atoms with Crippen LogP contribution in [0.2, 0.25) is 0 Å². The third kappa shape index (κ3) is 9.01. The molecular formula is C26H31F4N3O4. The van der Waals surface area contributed by atoms with E-state index in [9.17, 15) is 32.3 Å². The molecule has 3 rings (SSSR count). The van der Waals surface area contributed by atoms with Crippen LogP contribution in [0, 0.1) is 5.82 Å². The first-order valence-corrected chi connectivity index (χ1v) is 12.0. The first-order chi connectivity index (χ1) is 17.5. The summed E-state index contributed by atoms with van der Waals surface area (Å²) in [6.45, 7) is 0.0681. The molecule has 0 aromatic heterocycles. The minimum atomic E-state index is -4.47. The second kappa shape index (κ2) is 12.9. The van der Waals surface area contributed by atoms with Crippen molar-refractivity contribution in [1.82, 2.24) is 15.5 Å². The number of nitrogens with zero attached hydrogens (tertiary/aromatic N) is 1. The summed E-state index contributed by atoms with van der Waals surface area (Å²) in [4.78, 5) is 26.3. The molecule has 1 heterocycles. The Morgan fingerprint density at radius 1 is 1.19 bits per heavy atom. The van der Waals surface area contributed by atoms with Gasteiger partial charge in [-0.05, 0) is 48.6 Å². The maximum absolute atomic E-state index is 14.2.